The molecule has 0 amide bonds. The van der Waals surface area contributed by atoms with E-state index < -0.39 is 0 Å². The lowest BCUT2D eigenvalue weighted by Crippen LogP contribution is -1.90. The Labute approximate surface area is 140 Å². The molecular weight excluding hydrogens is 308 g/mol. The van der Waals surface area contributed by atoms with Gasteiger partial charge in [0.25, 0.3) is 0 Å². The molecule has 0 aliphatic rings. The van der Waals surface area contributed by atoms with Crippen molar-refractivity contribution in [3.8, 4) is 11.5 Å². The highest BCUT2D eigenvalue weighted by Crippen LogP contribution is 2.28. The van der Waals surface area contributed by atoms with Crippen LogP contribution in [0.2, 0.25) is 5.02 Å². The molecular formula is C19H15ClN2O. The number of para-hydroxylation sites is 2. The Morgan fingerprint density at radius 3 is 2.26 bits per heavy atom. The molecule has 0 radical (unpaired) electrons. The fraction of sp³-hybridized carbons (Fsp3) is 0. The predicted molar refractivity (Wildman–Crippen MR) is 95.6 cm³/mol. The molecule has 1 N–H and O–H groups in total. The first-order valence-corrected chi connectivity index (χ1v) is 7.56. The third-order valence-electron chi connectivity index (χ3n) is 3.13. The molecule has 3 aromatic carbocycles. The van der Waals surface area contributed by atoms with E-state index in [9.17, 15) is 0 Å². The Bertz CT molecular complexity index is 786. The summed E-state index contributed by atoms with van der Waals surface area (Å²) < 4.78 is 5.75. The van der Waals surface area contributed by atoms with Gasteiger partial charge in [-0.3, -0.25) is 5.43 Å². The summed E-state index contributed by atoms with van der Waals surface area (Å²) in [7, 11) is 0. The van der Waals surface area contributed by atoms with Crippen LogP contribution < -0.4 is 10.2 Å². The highest BCUT2D eigenvalue weighted by atomic mass is 35.5. The zero-order valence-corrected chi connectivity index (χ0v) is 13.1. The molecule has 0 aliphatic carbocycles. The summed E-state index contributed by atoms with van der Waals surface area (Å²) in [5.74, 6) is 1.37. The van der Waals surface area contributed by atoms with E-state index in [0.29, 0.717) is 10.8 Å². The van der Waals surface area contributed by atoms with Crippen molar-refractivity contribution in [2.24, 2.45) is 5.10 Å². The van der Waals surface area contributed by atoms with Gasteiger partial charge in [0.15, 0.2) is 0 Å². The lowest BCUT2D eigenvalue weighted by molar-refractivity contribution is 0.483. The van der Waals surface area contributed by atoms with Crippen LogP contribution in [0.15, 0.2) is 84.0 Å². The van der Waals surface area contributed by atoms with Crippen molar-refractivity contribution in [2.45, 2.75) is 0 Å². The van der Waals surface area contributed by atoms with Crippen molar-refractivity contribution in [1.82, 2.24) is 0 Å². The minimum atomic E-state index is 0.588. The molecule has 0 fully saturated rings. The second kappa shape index (κ2) is 7.47. The lowest BCUT2D eigenvalue weighted by atomic mass is 10.2. The average molecular weight is 323 g/mol. The van der Waals surface area contributed by atoms with Crippen LogP contribution in [0, 0.1) is 0 Å². The first kappa shape index (κ1) is 15.1. The van der Waals surface area contributed by atoms with E-state index in [1.54, 1.807) is 12.3 Å². The number of benzene rings is 3. The number of halogens is 1. The van der Waals surface area contributed by atoms with Crippen LogP contribution in [0.1, 0.15) is 5.56 Å². The van der Waals surface area contributed by atoms with Crippen molar-refractivity contribution in [2.75, 3.05) is 5.43 Å². The van der Waals surface area contributed by atoms with E-state index in [0.717, 1.165) is 17.0 Å². The fourth-order valence-electron chi connectivity index (χ4n) is 1.97. The monoisotopic (exact) mass is 322 g/mol. The van der Waals surface area contributed by atoms with E-state index >= 15 is 0 Å². The molecule has 3 aromatic rings. The van der Waals surface area contributed by atoms with Gasteiger partial charge in [0.05, 0.1) is 16.9 Å². The van der Waals surface area contributed by atoms with Gasteiger partial charge in [-0.05, 0) is 54.1 Å². The summed E-state index contributed by atoms with van der Waals surface area (Å²) in [5.41, 5.74) is 4.89. The van der Waals surface area contributed by atoms with Gasteiger partial charge in [0.2, 0.25) is 0 Å². The number of nitrogens with zero attached hydrogens (tertiary/aromatic N) is 1. The molecule has 4 heteroatoms. The van der Waals surface area contributed by atoms with Crippen molar-refractivity contribution in [3.05, 3.63) is 89.4 Å². The first-order valence-electron chi connectivity index (χ1n) is 7.18. The number of rotatable bonds is 5. The van der Waals surface area contributed by atoms with E-state index in [1.165, 1.54) is 0 Å². The molecule has 0 unspecified atom stereocenters. The quantitative estimate of drug-likeness (QED) is 0.491. The molecule has 0 aromatic heterocycles. The van der Waals surface area contributed by atoms with Gasteiger partial charge in [-0.2, -0.15) is 5.10 Å². The molecule has 0 saturated carbocycles. The Morgan fingerprint density at radius 2 is 1.52 bits per heavy atom. The van der Waals surface area contributed by atoms with E-state index in [4.69, 9.17) is 16.3 Å². The van der Waals surface area contributed by atoms with Crippen molar-refractivity contribution in [1.29, 1.82) is 0 Å². The van der Waals surface area contributed by atoms with Crippen LogP contribution in [0.25, 0.3) is 0 Å². The van der Waals surface area contributed by atoms with E-state index in [-0.39, 0.29) is 0 Å². The van der Waals surface area contributed by atoms with Gasteiger partial charge in [0.1, 0.15) is 11.5 Å². The molecule has 0 aliphatic heterocycles. The van der Waals surface area contributed by atoms with Crippen LogP contribution in [0.4, 0.5) is 5.69 Å². The van der Waals surface area contributed by atoms with Gasteiger partial charge in [-0.15, -0.1) is 0 Å². The summed E-state index contributed by atoms with van der Waals surface area (Å²) >= 11 is 6.08. The summed E-state index contributed by atoms with van der Waals surface area (Å²) in [5, 5.41) is 4.79. The number of hydrogen-bond acceptors (Lipinski definition) is 3. The molecule has 3 rings (SSSR count). The van der Waals surface area contributed by atoms with Crippen LogP contribution in [-0.4, -0.2) is 6.21 Å². The second-order valence-corrected chi connectivity index (χ2v) is 5.24. The van der Waals surface area contributed by atoms with Crippen LogP contribution in [0.5, 0.6) is 11.5 Å². The van der Waals surface area contributed by atoms with Crippen LogP contribution in [0.3, 0.4) is 0 Å². The molecule has 0 heterocycles. The summed E-state index contributed by atoms with van der Waals surface area (Å²) in [6, 6.07) is 24.8. The van der Waals surface area contributed by atoms with Crippen molar-refractivity contribution >= 4 is 23.5 Å². The predicted octanol–water partition coefficient (Wildman–Crippen LogP) is 5.58. The molecule has 114 valence electrons. The lowest BCUT2D eigenvalue weighted by Gasteiger charge is -2.07. The third-order valence-corrected chi connectivity index (χ3v) is 3.44. The minimum Gasteiger partial charge on any atom is -0.456 e. The van der Waals surface area contributed by atoms with Crippen molar-refractivity contribution < 1.29 is 4.74 Å². The Hall–Kier alpha value is -2.78. The van der Waals surface area contributed by atoms with Gasteiger partial charge in [-0.1, -0.05) is 41.9 Å². The third kappa shape index (κ3) is 4.34. The normalized spacial score (nSPS) is 10.7. The zero-order chi connectivity index (χ0) is 15.9. The van der Waals surface area contributed by atoms with E-state index in [1.807, 2.05) is 72.8 Å². The molecule has 23 heavy (non-hydrogen) atoms. The average Bonchev–Trinajstić information content (AvgIpc) is 2.59. The molecule has 0 spiro atoms. The standard InChI is InChI=1S/C19H15ClN2O/c20-18-8-4-5-9-19(18)23-17-12-10-15(11-13-17)14-21-22-16-6-2-1-3-7-16/h1-14,22H. The highest BCUT2D eigenvalue weighted by molar-refractivity contribution is 6.32. The number of ether oxygens (including phenoxy) is 1. The Morgan fingerprint density at radius 1 is 0.826 bits per heavy atom. The second-order valence-electron chi connectivity index (χ2n) is 4.84. The zero-order valence-electron chi connectivity index (χ0n) is 12.3. The van der Waals surface area contributed by atoms with Crippen LogP contribution >= 0.6 is 11.6 Å². The number of nitrogens with one attached hydrogen (secondary N) is 1. The maximum absolute atomic E-state index is 6.08. The summed E-state index contributed by atoms with van der Waals surface area (Å²) in [4.78, 5) is 0. The smallest absolute Gasteiger partial charge is 0.146 e. The van der Waals surface area contributed by atoms with Gasteiger partial charge in [0, 0.05) is 0 Å². The Balaban J connectivity index is 1.62. The molecule has 0 saturated heterocycles. The first-order chi connectivity index (χ1) is 11.3. The van der Waals surface area contributed by atoms with Crippen molar-refractivity contribution in [3.63, 3.8) is 0 Å². The molecule has 0 bridgehead atoms. The fourth-order valence-corrected chi connectivity index (χ4v) is 2.14. The number of hydrazone groups is 1. The van der Waals surface area contributed by atoms with E-state index in [2.05, 4.69) is 10.5 Å². The number of hydrogen-bond donors (Lipinski definition) is 1. The largest absolute Gasteiger partial charge is 0.456 e. The summed E-state index contributed by atoms with van der Waals surface area (Å²) in [6.07, 6.45) is 1.76. The Kier molecular flexibility index (Phi) is 4.92. The van der Waals surface area contributed by atoms with Gasteiger partial charge >= 0.3 is 0 Å². The maximum atomic E-state index is 6.08. The van der Waals surface area contributed by atoms with Gasteiger partial charge in [-0.25, -0.2) is 0 Å². The SMILES string of the molecule is Clc1ccccc1Oc1ccc(C=NNc2ccccc2)cc1. The minimum absolute atomic E-state index is 0.588. The summed E-state index contributed by atoms with van der Waals surface area (Å²) in [6.45, 7) is 0. The maximum Gasteiger partial charge on any atom is 0.146 e. The topological polar surface area (TPSA) is 33.6 Å². The van der Waals surface area contributed by atoms with Gasteiger partial charge < -0.3 is 4.74 Å². The molecule has 3 nitrogen and oxygen atoms in total. The molecule has 0 atom stereocenters. The number of anilines is 1. The highest BCUT2D eigenvalue weighted by Gasteiger charge is 2.01. The van der Waals surface area contributed by atoms with Crippen LogP contribution in [-0.2, 0) is 0 Å².